The fourth-order valence-electron chi connectivity index (χ4n) is 3.74. The van der Waals surface area contributed by atoms with Gasteiger partial charge in [-0.25, -0.2) is 0 Å². The highest BCUT2D eigenvalue weighted by Crippen LogP contribution is 2.35. The quantitative estimate of drug-likeness (QED) is 0.810. The van der Waals surface area contributed by atoms with E-state index < -0.39 is 0 Å². The van der Waals surface area contributed by atoms with Crippen molar-refractivity contribution in [2.45, 2.75) is 76.9 Å². The van der Waals surface area contributed by atoms with E-state index in [-0.39, 0.29) is 0 Å². The number of nitrogens with zero attached hydrogens (tertiary/aromatic N) is 3. The first-order valence-electron chi connectivity index (χ1n) is 7.69. The lowest BCUT2D eigenvalue weighted by Gasteiger charge is -2.35. The number of hydrogen-bond acceptors (Lipinski definition) is 2. The second kappa shape index (κ2) is 5.33. The fraction of sp³-hybridized carbons (Fsp3) is 0.800. The van der Waals surface area contributed by atoms with Crippen molar-refractivity contribution in [3.05, 3.63) is 12.4 Å². The van der Waals surface area contributed by atoms with Crippen LogP contribution in [0.1, 0.15) is 58.3 Å². The zero-order valence-electron chi connectivity index (χ0n) is 11.5. The summed E-state index contributed by atoms with van der Waals surface area (Å²) in [6.07, 6.45) is 15.5. The lowest BCUT2D eigenvalue weighted by molar-refractivity contribution is 0.513. The van der Waals surface area contributed by atoms with Gasteiger partial charge in [-0.3, -0.25) is 4.68 Å². The number of rotatable bonds is 4. The Morgan fingerprint density at radius 3 is 2.11 bits per heavy atom. The summed E-state index contributed by atoms with van der Waals surface area (Å²) in [5.41, 5.74) is 1.37. The third kappa shape index (κ3) is 2.27. The lowest BCUT2D eigenvalue weighted by Crippen LogP contribution is -2.40. The maximum Gasteiger partial charge on any atom is 0.0757 e. The number of aromatic nitrogens is 2. The lowest BCUT2D eigenvalue weighted by atomic mass is 10.1. The van der Waals surface area contributed by atoms with Crippen LogP contribution in [-0.4, -0.2) is 21.9 Å². The second-order valence-corrected chi connectivity index (χ2v) is 5.84. The standard InChI is InChI=1S/C15H25N3/c1-2-17-12-15(11-16-17)18(13-7-3-4-8-13)14-9-5-6-10-14/h11-14H,2-10H2,1H3. The van der Waals surface area contributed by atoms with Crippen LogP contribution in [0.5, 0.6) is 0 Å². The number of hydrogen-bond donors (Lipinski definition) is 0. The van der Waals surface area contributed by atoms with E-state index in [1.807, 2.05) is 0 Å². The minimum absolute atomic E-state index is 0.780. The Kier molecular flexibility index (Phi) is 3.57. The number of anilines is 1. The van der Waals surface area contributed by atoms with Crippen LogP contribution in [0.25, 0.3) is 0 Å². The van der Waals surface area contributed by atoms with Crippen molar-refractivity contribution in [3.8, 4) is 0 Å². The van der Waals surface area contributed by atoms with Crippen molar-refractivity contribution < 1.29 is 0 Å². The van der Waals surface area contributed by atoms with Crippen LogP contribution in [-0.2, 0) is 6.54 Å². The van der Waals surface area contributed by atoms with Crippen molar-refractivity contribution in [1.29, 1.82) is 0 Å². The normalized spacial score (nSPS) is 21.8. The smallest absolute Gasteiger partial charge is 0.0757 e. The third-order valence-electron chi connectivity index (χ3n) is 4.68. The highest BCUT2D eigenvalue weighted by molar-refractivity contribution is 5.45. The molecule has 0 amide bonds. The van der Waals surface area contributed by atoms with Gasteiger partial charge in [0.1, 0.15) is 0 Å². The van der Waals surface area contributed by atoms with Crippen molar-refractivity contribution in [2.24, 2.45) is 0 Å². The molecule has 0 aliphatic heterocycles. The van der Waals surface area contributed by atoms with E-state index in [0.29, 0.717) is 0 Å². The monoisotopic (exact) mass is 247 g/mol. The van der Waals surface area contributed by atoms with Gasteiger partial charge in [0, 0.05) is 24.8 Å². The SMILES string of the molecule is CCn1cc(N(C2CCCC2)C2CCCC2)cn1. The summed E-state index contributed by atoms with van der Waals surface area (Å²) in [5, 5.41) is 4.47. The summed E-state index contributed by atoms with van der Waals surface area (Å²) in [6, 6.07) is 1.56. The fourth-order valence-corrected chi connectivity index (χ4v) is 3.74. The molecular weight excluding hydrogens is 222 g/mol. The van der Waals surface area contributed by atoms with Gasteiger partial charge < -0.3 is 4.90 Å². The molecule has 1 aromatic rings. The topological polar surface area (TPSA) is 21.1 Å². The highest BCUT2D eigenvalue weighted by Gasteiger charge is 2.31. The average Bonchev–Trinajstić information content (AvgIpc) is 3.13. The average molecular weight is 247 g/mol. The summed E-state index contributed by atoms with van der Waals surface area (Å²) in [6.45, 7) is 3.13. The van der Waals surface area contributed by atoms with E-state index in [1.54, 1.807) is 0 Å². The number of aryl methyl sites for hydroxylation is 1. The predicted molar refractivity (Wildman–Crippen MR) is 74.9 cm³/mol. The molecule has 3 nitrogen and oxygen atoms in total. The highest BCUT2D eigenvalue weighted by atomic mass is 15.3. The molecule has 1 aromatic heterocycles. The van der Waals surface area contributed by atoms with Gasteiger partial charge in [-0.1, -0.05) is 25.7 Å². The molecule has 0 bridgehead atoms. The first-order chi connectivity index (χ1) is 8.88. The van der Waals surface area contributed by atoms with E-state index in [2.05, 4.69) is 34.0 Å². The molecule has 2 saturated carbocycles. The largest absolute Gasteiger partial charge is 0.363 e. The maximum absolute atomic E-state index is 4.47. The van der Waals surface area contributed by atoms with Gasteiger partial charge in [0.15, 0.2) is 0 Å². The van der Waals surface area contributed by atoms with Crippen molar-refractivity contribution in [1.82, 2.24) is 9.78 Å². The molecule has 0 radical (unpaired) electrons. The molecule has 0 N–H and O–H groups in total. The first kappa shape index (κ1) is 12.1. The summed E-state index contributed by atoms with van der Waals surface area (Å²) in [4.78, 5) is 2.72. The van der Waals surface area contributed by atoms with Crippen LogP contribution in [0, 0.1) is 0 Å². The van der Waals surface area contributed by atoms with Gasteiger partial charge in [0.05, 0.1) is 11.9 Å². The third-order valence-corrected chi connectivity index (χ3v) is 4.68. The molecular formula is C15H25N3. The molecule has 3 rings (SSSR count). The Balaban J connectivity index is 1.83. The van der Waals surface area contributed by atoms with Crippen LogP contribution < -0.4 is 4.90 Å². The Morgan fingerprint density at radius 1 is 1.11 bits per heavy atom. The molecule has 18 heavy (non-hydrogen) atoms. The van der Waals surface area contributed by atoms with E-state index in [4.69, 9.17) is 0 Å². The second-order valence-electron chi connectivity index (χ2n) is 5.84. The Bertz CT molecular complexity index is 357. The van der Waals surface area contributed by atoms with Crippen molar-refractivity contribution >= 4 is 5.69 Å². The maximum atomic E-state index is 4.47. The van der Waals surface area contributed by atoms with Gasteiger partial charge in [0.2, 0.25) is 0 Å². The summed E-state index contributed by atoms with van der Waals surface area (Å²) < 4.78 is 2.06. The summed E-state index contributed by atoms with van der Waals surface area (Å²) in [5.74, 6) is 0. The van der Waals surface area contributed by atoms with Crippen molar-refractivity contribution in [2.75, 3.05) is 4.90 Å². The van der Waals surface area contributed by atoms with E-state index in [1.165, 1.54) is 57.1 Å². The summed E-state index contributed by atoms with van der Waals surface area (Å²) in [7, 11) is 0. The molecule has 1 heterocycles. The molecule has 2 aliphatic rings. The Hall–Kier alpha value is -0.990. The Labute approximate surface area is 110 Å². The minimum Gasteiger partial charge on any atom is -0.363 e. The van der Waals surface area contributed by atoms with Gasteiger partial charge in [0.25, 0.3) is 0 Å². The van der Waals surface area contributed by atoms with Gasteiger partial charge >= 0.3 is 0 Å². The van der Waals surface area contributed by atoms with Crippen molar-refractivity contribution in [3.63, 3.8) is 0 Å². The zero-order chi connectivity index (χ0) is 12.4. The minimum atomic E-state index is 0.780. The van der Waals surface area contributed by atoms with E-state index in [0.717, 1.165) is 18.6 Å². The molecule has 0 aromatic carbocycles. The van der Waals surface area contributed by atoms with Crippen LogP contribution in [0.3, 0.4) is 0 Å². The van der Waals surface area contributed by atoms with Crippen LogP contribution >= 0.6 is 0 Å². The molecule has 2 fully saturated rings. The molecule has 0 saturated heterocycles. The van der Waals surface area contributed by atoms with Crippen LogP contribution in [0.4, 0.5) is 5.69 Å². The summed E-state index contributed by atoms with van der Waals surface area (Å²) >= 11 is 0. The Morgan fingerprint density at radius 2 is 1.67 bits per heavy atom. The predicted octanol–water partition coefficient (Wildman–Crippen LogP) is 3.59. The molecule has 3 heteroatoms. The zero-order valence-corrected chi connectivity index (χ0v) is 11.5. The molecule has 2 aliphatic carbocycles. The van der Waals surface area contributed by atoms with Gasteiger partial charge in [-0.05, 0) is 32.6 Å². The molecule has 100 valence electrons. The van der Waals surface area contributed by atoms with Crippen LogP contribution in [0.15, 0.2) is 12.4 Å². The van der Waals surface area contributed by atoms with E-state index >= 15 is 0 Å². The molecule has 0 spiro atoms. The molecule has 0 atom stereocenters. The first-order valence-corrected chi connectivity index (χ1v) is 7.69. The molecule has 0 unspecified atom stereocenters. The van der Waals surface area contributed by atoms with Crippen LogP contribution in [0.2, 0.25) is 0 Å². The van der Waals surface area contributed by atoms with Gasteiger partial charge in [-0.15, -0.1) is 0 Å². The van der Waals surface area contributed by atoms with Gasteiger partial charge in [-0.2, -0.15) is 5.10 Å². The van der Waals surface area contributed by atoms with E-state index in [9.17, 15) is 0 Å².